The van der Waals surface area contributed by atoms with Gasteiger partial charge in [-0.15, -0.1) is 0 Å². The van der Waals surface area contributed by atoms with Crippen LogP contribution in [0.1, 0.15) is 25.0 Å². The molecule has 1 heteroatoms. The van der Waals surface area contributed by atoms with Gasteiger partial charge in [-0.1, -0.05) is 153 Å². The monoisotopic (exact) mass is 623 g/mol. The van der Waals surface area contributed by atoms with Crippen LogP contribution in [0.25, 0.3) is 87.9 Å². The molecule has 0 saturated carbocycles. The lowest BCUT2D eigenvalue weighted by atomic mass is 9.79. The smallest absolute Gasteiger partial charge is 0.0791 e. The molecule has 0 saturated heterocycles. The first-order valence-corrected chi connectivity index (χ1v) is 17.1. The van der Waals surface area contributed by atoms with Gasteiger partial charge in [-0.05, 0) is 95.7 Å². The van der Waals surface area contributed by atoms with Gasteiger partial charge in [-0.2, -0.15) is 0 Å². The van der Waals surface area contributed by atoms with Crippen LogP contribution in [0.5, 0.6) is 0 Å². The van der Waals surface area contributed by atoms with Crippen molar-refractivity contribution in [1.29, 1.82) is 0 Å². The first kappa shape index (κ1) is 28.0. The molecule has 9 aromatic rings. The molecule has 8 aromatic carbocycles. The molecule has 0 spiro atoms. The highest BCUT2D eigenvalue weighted by molar-refractivity contribution is 6.15. The van der Waals surface area contributed by atoms with Gasteiger partial charge in [-0.3, -0.25) is 0 Å². The fraction of sp³-hybridized carbons (Fsp3) is 0.0625. The number of aromatic nitrogens is 1. The number of fused-ring (bicyclic) bond motifs is 9. The van der Waals surface area contributed by atoms with Crippen LogP contribution < -0.4 is 0 Å². The highest BCUT2D eigenvalue weighted by Crippen LogP contribution is 2.53. The fourth-order valence-electron chi connectivity index (χ4n) is 8.32. The number of hydrogen-bond acceptors (Lipinski definition) is 1. The molecule has 0 radical (unpaired) electrons. The van der Waals surface area contributed by atoms with E-state index in [0.717, 1.165) is 16.8 Å². The van der Waals surface area contributed by atoms with E-state index in [1.54, 1.807) is 0 Å². The van der Waals surface area contributed by atoms with Crippen molar-refractivity contribution >= 4 is 43.2 Å². The summed E-state index contributed by atoms with van der Waals surface area (Å²) >= 11 is 0. The average molecular weight is 624 g/mol. The predicted octanol–water partition coefficient (Wildman–Crippen LogP) is 13.0. The van der Waals surface area contributed by atoms with Crippen molar-refractivity contribution in [2.45, 2.75) is 19.3 Å². The Morgan fingerprint density at radius 1 is 0.408 bits per heavy atom. The van der Waals surface area contributed by atoms with Crippen LogP contribution in [0.3, 0.4) is 0 Å². The molecule has 1 aliphatic rings. The van der Waals surface area contributed by atoms with Crippen molar-refractivity contribution in [2.24, 2.45) is 0 Å². The number of hydrogen-bond donors (Lipinski definition) is 0. The summed E-state index contributed by atoms with van der Waals surface area (Å²) in [5.41, 5.74) is 13.4. The lowest BCUT2D eigenvalue weighted by Gasteiger charge is -2.24. The van der Waals surface area contributed by atoms with Crippen molar-refractivity contribution < 1.29 is 0 Å². The van der Waals surface area contributed by atoms with Crippen LogP contribution in [-0.2, 0) is 5.41 Å². The molecule has 0 N–H and O–H groups in total. The van der Waals surface area contributed by atoms with Gasteiger partial charge in [0.1, 0.15) is 0 Å². The van der Waals surface area contributed by atoms with Crippen molar-refractivity contribution in [3.8, 4) is 44.6 Å². The molecule has 49 heavy (non-hydrogen) atoms. The van der Waals surface area contributed by atoms with Gasteiger partial charge >= 0.3 is 0 Å². The van der Waals surface area contributed by atoms with Crippen molar-refractivity contribution in [3.63, 3.8) is 0 Å². The van der Waals surface area contributed by atoms with Crippen molar-refractivity contribution in [1.82, 2.24) is 4.98 Å². The van der Waals surface area contributed by atoms with Gasteiger partial charge in [0.2, 0.25) is 0 Å². The van der Waals surface area contributed by atoms with Gasteiger partial charge in [0, 0.05) is 21.8 Å². The zero-order chi connectivity index (χ0) is 32.7. The van der Waals surface area contributed by atoms with Crippen LogP contribution >= 0.6 is 0 Å². The maximum Gasteiger partial charge on any atom is 0.0791 e. The Kier molecular flexibility index (Phi) is 5.99. The summed E-state index contributed by atoms with van der Waals surface area (Å²) in [6.07, 6.45) is 0. The third-order valence-electron chi connectivity index (χ3n) is 10.8. The first-order valence-electron chi connectivity index (χ1n) is 17.1. The molecule has 0 unspecified atom stereocenters. The summed E-state index contributed by atoms with van der Waals surface area (Å²) in [6.45, 7) is 4.73. The largest absolute Gasteiger partial charge is 0.247 e. The molecule has 0 bridgehead atoms. The third kappa shape index (κ3) is 4.29. The van der Waals surface area contributed by atoms with E-state index in [4.69, 9.17) is 4.98 Å². The first-order chi connectivity index (χ1) is 24.0. The zero-order valence-corrected chi connectivity index (χ0v) is 27.5. The molecule has 10 rings (SSSR count). The van der Waals surface area contributed by atoms with E-state index in [0.29, 0.717) is 0 Å². The topological polar surface area (TPSA) is 12.9 Å². The number of para-hydroxylation sites is 1. The summed E-state index contributed by atoms with van der Waals surface area (Å²) in [4.78, 5) is 5.37. The van der Waals surface area contributed by atoms with Gasteiger partial charge in [0.25, 0.3) is 0 Å². The minimum Gasteiger partial charge on any atom is -0.247 e. The summed E-state index contributed by atoms with van der Waals surface area (Å²) in [5, 5.41) is 8.75. The minimum atomic E-state index is -0.135. The average Bonchev–Trinajstić information content (AvgIpc) is 3.40. The Hall–Kier alpha value is -6.05. The number of nitrogens with zero attached hydrogens (tertiary/aromatic N) is 1. The van der Waals surface area contributed by atoms with Crippen molar-refractivity contribution in [3.05, 3.63) is 175 Å². The summed E-state index contributed by atoms with van der Waals surface area (Å²) in [7, 11) is 0. The Bertz CT molecular complexity index is 2780. The summed E-state index contributed by atoms with van der Waals surface area (Å²) < 4.78 is 0. The maximum absolute atomic E-state index is 5.37. The van der Waals surface area contributed by atoms with E-state index in [1.807, 2.05) is 0 Å². The molecule has 1 aromatic heterocycles. The van der Waals surface area contributed by atoms with Gasteiger partial charge < -0.3 is 0 Å². The molecule has 0 aliphatic heterocycles. The lowest BCUT2D eigenvalue weighted by molar-refractivity contribution is 0.666. The Labute approximate surface area is 286 Å². The van der Waals surface area contributed by atoms with E-state index in [-0.39, 0.29) is 5.41 Å². The molecule has 1 heterocycles. The lowest BCUT2D eigenvalue weighted by Crippen LogP contribution is -2.16. The third-order valence-corrected chi connectivity index (χ3v) is 10.8. The Morgan fingerprint density at radius 2 is 0.959 bits per heavy atom. The van der Waals surface area contributed by atoms with Crippen molar-refractivity contribution in [2.75, 3.05) is 0 Å². The normalized spacial score (nSPS) is 13.3. The molecule has 0 fully saturated rings. The zero-order valence-electron chi connectivity index (χ0n) is 27.5. The number of pyridine rings is 1. The fourth-order valence-corrected chi connectivity index (χ4v) is 8.32. The summed E-state index contributed by atoms with van der Waals surface area (Å²) in [5.74, 6) is 0. The van der Waals surface area contributed by atoms with E-state index in [1.165, 1.54) is 82.2 Å². The second kappa shape index (κ2) is 10.5. The van der Waals surface area contributed by atoms with Gasteiger partial charge in [0.05, 0.1) is 11.2 Å². The Morgan fingerprint density at radius 3 is 1.71 bits per heavy atom. The second-order valence-corrected chi connectivity index (χ2v) is 14.0. The molecule has 1 nitrogen and oxygen atoms in total. The highest BCUT2D eigenvalue weighted by Gasteiger charge is 2.37. The van der Waals surface area contributed by atoms with E-state index in [9.17, 15) is 0 Å². The molecule has 230 valence electrons. The highest BCUT2D eigenvalue weighted by atomic mass is 14.7. The standard InChI is InChI=1S/C48H33N/c1-48(2)43-13-7-5-11-39(43)42-26-25-41-40-12-6-8-14-44(40)49-47(45(41)46(42)48)32-18-15-31(16-19-32)34-21-22-37-29-38(24-23-36(37)28-34)35-20-17-30-9-3-4-10-33(30)27-35/h3-29H,1-2H3. The SMILES string of the molecule is CC1(C)c2ccccc2-c2ccc3c(c(-c4ccc(-c5ccc6cc(-c7ccc8ccccc8c7)ccc6c5)cc4)nc4ccccc43)c21. The molecular formula is C48H33N. The molecule has 0 amide bonds. The second-order valence-electron chi connectivity index (χ2n) is 14.0. The van der Waals surface area contributed by atoms with E-state index >= 15 is 0 Å². The quantitative estimate of drug-likeness (QED) is 0.178. The van der Waals surface area contributed by atoms with Crippen LogP contribution in [0.2, 0.25) is 0 Å². The molecule has 1 aliphatic carbocycles. The van der Waals surface area contributed by atoms with Crippen LogP contribution in [0.15, 0.2) is 164 Å². The van der Waals surface area contributed by atoms with Crippen LogP contribution in [0.4, 0.5) is 0 Å². The Balaban J connectivity index is 1.07. The summed E-state index contributed by atoms with van der Waals surface area (Å²) in [6, 6.07) is 60.0. The van der Waals surface area contributed by atoms with E-state index < -0.39 is 0 Å². The number of benzene rings is 8. The molecular weight excluding hydrogens is 591 g/mol. The predicted molar refractivity (Wildman–Crippen MR) is 208 cm³/mol. The van der Waals surface area contributed by atoms with Gasteiger partial charge in [0.15, 0.2) is 0 Å². The van der Waals surface area contributed by atoms with E-state index in [2.05, 4.69) is 178 Å². The minimum absolute atomic E-state index is 0.135. The number of rotatable bonds is 3. The van der Waals surface area contributed by atoms with Crippen LogP contribution in [-0.4, -0.2) is 4.98 Å². The molecule has 0 atom stereocenters. The van der Waals surface area contributed by atoms with Gasteiger partial charge in [-0.25, -0.2) is 4.98 Å². The maximum atomic E-state index is 5.37. The van der Waals surface area contributed by atoms with Crippen LogP contribution in [0, 0.1) is 0 Å².